The molecule has 1 atom stereocenters. The highest BCUT2D eigenvalue weighted by molar-refractivity contribution is 7.92. The van der Waals surface area contributed by atoms with Crippen molar-refractivity contribution >= 4 is 27.5 Å². The molecule has 1 aliphatic heterocycles. The monoisotopic (exact) mass is 659 g/mol. The van der Waals surface area contributed by atoms with Crippen LogP contribution in [0, 0.1) is 12.7 Å². The molecule has 4 aromatic rings. The maximum Gasteiger partial charge on any atom is 0.264 e. The maximum atomic E-state index is 14.5. The van der Waals surface area contributed by atoms with Crippen molar-refractivity contribution in [2.45, 2.75) is 50.7 Å². The molecule has 0 radical (unpaired) electrons. The largest absolute Gasteiger partial charge is 0.486 e. The van der Waals surface area contributed by atoms with E-state index in [-0.39, 0.29) is 47.9 Å². The van der Waals surface area contributed by atoms with Crippen LogP contribution < -0.4 is 19.1 Å². The number of benzene rings is 4. The van der Waals surface area contributed by atoms with E-state index in [1.54, 1.807) is 0 Å². The molecule has 0 fully saturated rings. The second kappa shape index (κ2) is 14.7. The molecule has 0 aliphatic carbocycles. The Morgan fingerprint density at radius 2 is 1.51 bits per heavy atom. The molecule has 0 saturated carbocycles. The summed E-state index contributed by atoms with van der Waals surface area (Å²) in [6.45, 7) is 5.59. The third-order valence-corrected chi connectivity index (χ3v) is 9.44. The Balaban J connectivity index is 1.57. The highest BCUT2D eigenvalue weighted by atomic mass is 32.2. The fourth-order valence-electron chi connectivity index (χ4n) is 5.27. The minimum atomic E-state index is -4.40. The number of hydrogen-bond acceptors (Lipinski definition) is 6. The molecule has 1 heterocycles. The van der Waals surface area contributed by atoms with Crippen LogP contribution in [-0.4, -0.2) is 57.0 Å². The Kier molecular flexibility index (Phi) is 10.5. The Hall–Kier alpha value is -4.90. The fraction of sp³-hybridized carbons (Fsp3) is 0.278. The SMILES string of the molecule is Cc1ccc(CN(C(=O)CN(c2ccc(F)cc2)S(=O)(=O)c2ccc3c(c2)OCCO3)[C@@H](Cc2ccccc2)C(=O)NC(C)C)cc1. The predicted octanol–water partition coefficient (Wildman–Crippen LogP) is 5.27. The molecule has 246 valence electrons. The lowest BCUT2D eigenvalue weighted by atomic mass is 10.0. The zero-order chi connectivity index (χ0) is 33.6. The van der Waals surface area contributed by atoms with Crippen molar-refractivity contribution in [1.29, 1.82) is 0 Å². The Bertz CT molecular complexity index is 1800. The molecule has 0 aromatic heterocycles. The normalized spacial score (nSPS) is 13.1. The molecule has 4 aromatic carbocycles. The maximum absolute atomic E-state index is 14.5. The Labute approximate surface area is 275 Å². The van der Waals surface area contributed by atoms with Gasteiger partial charge in [-0.2, -0.15) is 0 Å². The van der Waals surface area contributed by atoms with Gasteiger partial charge >= 0.3 is 0 Å². The molecule has 1 N–H and O–H groups in total. The number of nitrogens with one attached hydrogen (secondary N) is 1. The molecular weight excluding hydrogens is 621 g/mol. The third kappa shape index (κ3) is 8.28. The summed E-state index contributed by atoms with van der Waals surface area (Å²) in [5.74, 6) is -0.880. The van der Waals surface area contributed by atoms with Crippen molar-refractivity contribution in [3.8, 4) is 11.5 Å². The van der Waals surface area contributed by atoms with Crippen LogP contribution in [0.4, 0.5) is 10.1 Å². The smallest absolute Gasteiger partial charge is 0.264 e. The number of aryl methyl sites for hydroxylation is 1. The van der Waals surface area contributed by atoms with Gasteiger partial charge in [0.1, 0.15) is 31.6 Å². The summed E-state index contributed by atoms with van der Waals surface area (Å²) >= 11 is 0. The highest BCUT2D eigenvalue weighted by Crippen LogP contribution is 2.34. The van der Waals surface area contributed by atoms with E-state index in [0.29, 0.717) is 12.4 Å². The molecule has 11 heteroatoms. The summed E-state index contributed by atoms with van der Waals surface area (Å²) in [5.41, 5.74) is 2.70. The average Bonchev–Trinajstić information content (AvgIpc) is 3.06. The number of halogens is 1. The summed E-state index contributed by atoms with van der Waals surface area (Å²) in [6, 6.07) is 24.8. The quantitative estimate of drug-likeness (QED) is 0.222. The number of sulfonamides is 1. The van der Waals surface area contributed by atoms with E-state index in [1.165, 1.54) is 35.2 Å². The first kappa shape index (κ1) is 33.5. The van der Waals surface area contributed by atoms with Crippen molar-refractivity contribution < 1.29 is 31.9 Å². The van der Waals surface area contributed by atoms with Crippen LogP contribution >= 0.6 is 0 Å². The van der Waals surface area contributed by atoms with Crippen molar-refractivity contribution in [3.05, 3.63) is 120 Å². The number of amides is 2. The van der Waals surface area contributed by atoms with Crippen LogP contribution in [0.5, 0.6) is 11.5 Å². The van der Waals surface area contributed by atoms with Crippen molar-refractivity contribution in [3.63, 3.8) is 0 Å². The van der Waals surface area contributed by atoms with Gasteiger partial charge in [-0.25, -0.2) is 12.8 Å². The van der Waals surface area contributed by atoms with E-state index in [0.717, 1.165) is 33.1 Å². The number of hydrogen-bond donors (Lipinski definition) is 1. The van der Waals surface area contributed by atoms with Gasteiger partial charge in [-0.1, -0.05) is 60.2 Å². The summed E-state index contributed by atoms with van der Waals surface area (Å²) in [5, 5.41) is 2.94. The number of ether oxygens (including phenoxy) is 2. The molecule has 5 rings (SSSR count). The number of nitrogens with zero attached hydrogens (tertiary/aromatic N) is 2. The lowest BCUT2D eigenvalue weighted by Gasteiger charge is -2.34. The zero-order valence-corrected chi connectivity index (χ0v) is 27.4. The van der Waals surface area contributed by atoms with Crippen LogP contribution in [0.3, 0.4) is 0 Å². The second-order valence-electron chi connectivity index (χ2n) is 11.7. The predicted molar refractivity (Wildman–Crippen MR) is 177 cm³/mol. The first-order valence-electron chi connectivity index (χ1n) is 15.4. The van der Waals surface area contributed by atoms with Crippen molar-refractivity contribution in [2.24, 2.45) is 0 Å². The Morgan fingerprint density at radius 1 is 0.851 bits per heavy atom. The van der Waals surface area contributed by atoms with E-state index < -0.39 is 34.3 Å². The molecule has 1 aliphatic rings. The zero-order valence-electron chi connectivity index (χ0n) is 26.6. The van der Waals surface area contributed by atoms with E-state index in [2.05, 4.69) is 5.32 Å². The lowest BCUT2D eigenvalue weighted by molar-refractivity contribution is -0.140. The van der Waals surface area contributed by atoms with Gasteiger partial charge in [0.2, 0.25) is 11.8 Å². The van der Waals surface area contributed by atoms with Crippen LogP contribution in [0.1, 0.15) is 30.5 Å². The van der Waals surface area contributed by atoms with Gasteiger partial charge in [-0.15, -0.1) is 0 Å². The van der Waals surface area contributed by atoms with Gasteiger partial charge in [0.15, 0.2) is 11.5 Å². The van der Waals surface area contributed by atoms with Gasteiger partial charge in [0, 0.05) is 25.1 Å². The van der Waals surface area contributed by atoms with Gasteiger partial charge in [0.25, 0.3) is 10.0 Å². The number of anilines is 1. The first-order chi connectivity index (χ1) is 22.5. The van der Waals surface area contributed by atoms with Gasteiger partial charge < -0.3 is 19.7 Å². The summed E-state index contributed by atoms with van der Waals surface area (Å²) < 4.78 is 54.7. The molecule has 2 amide bonds. The molecular formula is C36H38FN3O6S. The van der Waals surface area contributed by atoms with E-state index >= 15 is 0 Å². The first-order valence-corrected chi connectivity index (χ1v) is 16.8. The van der Waals surface area contributed by atoms with Crippen molar-refractivity contribution in [2.75, 3.05) is 24.1 Å². The third-order valence-electron chi connectivity index (χ3n) is 7.67. The van der Waals surface area contributed by atoms with Crippen LogP contribution in [0.25, 0.3) is 0 Å². The molecule has 0 unspecified atom stereocenters. The summed E-state index contributed by atoms with van der Waals surface area (Å²) in [4.78, 5) is 29.6. The highest BCUT2D eigenvalue weighted by Gasteiger charge is 2.35. The van der Waals surface area contributed by atoms with Gasteiger partial charge in [-0.3, -0.25) is 13.9 Å². The Morgan fingerprint density at radius 3 is 2.17 bits per heavy atom. The molecule has 9 nitrogen and oxygen atoms in total. The molecule has 0 spiro atoms. The molecule has 0 bridgehead atoms. The van der Waals surface area contributed by atoms with Crippen LogP contribution in [-0.2, 0) is 32.6 Å². The second-order valence-corrected chi connectivity index (χ2v) is 13.5. The number of carbonyl (C=O) groups excluding carboxylic acids is 2. The number of rotatable bonds is 12. The van der Waals surface area contributed by atoms with Crippen molar-refractivity contribution in [1.82, 2.24) is 10.2 Å². The van der Waals surface area contributed by atoms with Crippen LogP contribution in [0.2, 0.25) is 0 Å². The van der Waals surface area contributed by atoms with E-state index in [1.807, 2.05) is 75.4 Å². The number of fused-ring (bicyclic) bond motifs is 1. The van der Waals surface area contributed by atoms with E-state index in [9.17, 15) is 22.4 Å². The standard InChI is InChI=1S/C36H38FN3O6S/c1-25(2)38-36(42)32(21-27-7-5-4-6-8-27)39(23-28-11-9-26(3)10-12-28)35(41)24-40(30-15-13-29(37)14-16-30)47(43,44)31-17-18-33-34(22-31)46-20-19-45-33/h4-18,22,25,32H,19-21,23-24H2,1-3H3,(H,38,42)/t32-/m0/s1. The summed E-state index contributed by atoms with van der Waals surface area (Å²) in [7, 11) is -4.40. The minimum absolute atomic E-state index is 0.0451. The van der Waals surface area contributed by atoms with Gasteiger partial charge in [0.05, 0.1) is 10.6 Å². The summed E-state index contributed by atoms with van der Waals surface area (Å²) in [6.07, 6.45) is 0.197. The topological polar surface area (TPSA) is 105 Å². The molecule has 47 heavy (non-hydrogen) atoms. The van der Waals surface area contributed by atoms with E-state index in [4.69, 9.17) is 9.47 Å². The van der Waals surface area contributed by atoms with Crippen LogP contribution in [0.15, 0.2) is 102 Å². The minimum Gasteiger partial charge on any atom is -0.486 e. The average molecular weight is 660 g/mol. The lowest BCUT2D eigenvalue weighted by Crippen LogP contribution is -2.54. The fourth-order valence-corrected chi connectivity index (χ4v) is 6.70. The number of carbonyl (C=O) groups is 2. The van der Waals surface area contributed by atoms with Gasteiger partial charge in [-0.05, 0) is 68.3 Å². The molecule has 0 saturated heterocycles.